The van der Waals surface area contributed by atoms with E-state index in [1.807, 2.05) is 66.3 Å². The van der Waals surface area contributed by atoms with Crippen LogP contribution in [0.4, 0.5) is 0 Å². The molecule has 0 saturated carbocycles. The Hall–Kier alpha value is -2.75. The molecule has 0 aliphatic rings. The molecule has 118 valence electrons. The van der Waals surface area contributed by atoms with Crippen LogP contribution in [-0.2, 0) is 13.5 Å². The second-order valence-electron chi connectivity index (χ2n) is 5.52. The first-order valence-corrected chi connectivity index (χ1v) is 7.64. The Balaban J connectivity index is 1.65. The standard InChI is InChI=1S/C19H20N2O2/c1-21-12-10-14-7-8-16(13-17(14)21)19(22)20-11-9-15-5-3-4-6-18(15)23-2/h3-8,10,12-13H,9,11H2,1-2H3,(H,20,22). The van der Waals surface area contributed by atoms with E-state index in [2.05, 4.69) is 5.32 Å². The Morgan fingerprint density at radius 3 is 2.83 bits per heavy atom. The van der Waals surface area contributed by atoms with Gasteiger partial charge in [0.15, 0.2) is 0 Å². The third kappa shape index (κ3) is 3.21. The Morgan fingerprint density at radius 2 is 2.00 bits per heavy atom. The Labute approximate surface area is 135 Å². The molecule has 1 N–H and O–H groups in total. The number of para-hydroxylation sites is 1. The predicted molar refractivity (Wildman–Crippen MR) is 92.0 cm³/mol. The molecular formula is C19H20N2O2. The van der Waals surface area contributed by atoms with Crippen molar-refractivity contribution in [2.75, 3.05) is 13.7 Å². The molecule has 0 aliphatic carbocycles. The maximum absolute atomic E-state index is 12.3. The maximum Gasteiger partial charge on any atom is 0.251 e. The molecule has 0 saturated heterocycles. The molecule has 0 spiro atoms. The van der Waals surface area contributed by atoms with E-state index < -0.39 is 0 Å². The molecule has 0 unspecified atom stereocenters. The smallest absolute Gasteiger partial charge is 0.251 e. The average molecular weight is 308 g/mol. The van der Waals surface area contributed by atoms with Crippen LogP contribution in [-0.4, -0.2) is 24.1 Å². The number of hydrogen-bond acceptors (Lipinski definition) is 2. The number of fused-ring (bicyclic) bond motifs is 1. The van der Waals surface area contributed by atoms with Gasteiger partial charge in [-0.15, -0.1) is 0 Å². The lowest BCUT2D eigenvalue weighted by atomic mass is 10.1. The van der Waals surface area contributed by atoms with Crippen LogP contribution in [0.3, 0.4) is 0 Å². The summed E-state index contributed by atoms with van der Waals surface area (Å²) in [5, 5.41) is 4.11. The molecule has 23 heavy (non-hydrogen) atoms. The molecule has 3 rings (SSSR count). The Morgan fingerprint density at radius 1 is 1.17 bits per heavy atom. The number of nitrogens with zero attached hydrogens (tertiary/aromatic N) is 1. The van der Waals surface area contributed by atoms with Crippen molar-refractivity contribution in [2.24, 2.45) is 7.05 Å². The number of aryl methyl sites for hydroxylation is 1. The van der Waals surface area contributed by atoms with Crippen LogP contribution in [0.1, 0.15) is 15.9 Å². The molecule has 0 radical (unpaired) electrons. The van der Waals surface area contributed by atoms with E-state index in [-0.39, 0.29) is 5.91 Å². The number of carbonyl (C=O) groups is 1. The summed E-state index contributed by atoms with van der Waals surface area (Å²) in [4.78, 5) is 12.3. The third-order valence-electron chi connectivity index (χ3n) is 4.02. The van der Waals surface area contributed by atoms with Crippen LogP contribution in [0.5, 0.6) is 5.75 Å². The topological polar surface area (TPSA) is 43.3 Å². The van der Waals surface area contributed by atoms with Gasteiger partial charge in [-0.05, 0) is 41.6 Å². The van der Waals surface area contributed by atoms with Gasteiger partial charge in [0.2, 0.25) is 0 Å². The van der Waals surface area contributed by atoms with Gasteiger partial charge in [-0.2, -0.15) is 0 Å². The molecule has 2 aromatic carbocycles. The van der Waals surface area contributed by atoms with Gasteiger partial charge in [0, 0.05) is 30.9 Å². The SMILES string of the molecule is COc1ccccc1CCNC(=O)c1ccc2ccn(C)c2c1. The minimum absolute atomic E-state index is 0.0528. The van der Waals surface area contributed by atoms with Crippen LogP contribution in [0.2, 0.25) is 0 Å². The molecule has 1 heterocycles. The van der Waals surface area contributed by atoms with E-state index in [4.69, 9.17) is 4.74 Å². The van der Waals surface area contributed by atoms with Gasteiger partial charge >= 0.3 is 0 Å². The van der Waals surface area contributed by atoms with Gasteiger partial charge in [-0.25, -0.2) is 0 Å². The second-order valence-corrected chi connectivity index (χ2v) is 5.52. The first-order chi connectivity index (χ1) is 11.2. The lowest BCUT2D eigenvalue weighted by molar-refractivity contribution is 0.0954. The number of methoxy groups -OCH3 is 1. The van der Waals surface area contributed by atoms with Gasteiger partial charge in [0.25, 0.3) is 5.91 Å². The summed E-state index contributed by atoms with van der Waals surface area (Å²) >= 11 is 0. The van der Waals surface area contributed by atoms with Crippen LogP contribution in [0, 0.1) is 0 Å². The third-order valence-corrected chi connectivity index (χ3v) is 4.02. The second kappa shape index (κ2) is 6.57. The summed E-state index contributed by atoms with van der Waals surface area (Å²) in [6, 6.07) is 15.7. The zero-order valence-electron chi connectivity index (χ0n) is 13.4. The van der Waals surface area contributed by atoms with Crippen molar-refractivity contribution in [3.63, 3.8) is 0 Å². The summed E-state index contributed by atoms with van der Waals surface area (Å²) in [7, 11) is 3.64. The largest absolute Gasteiger partial charge is 0.496 e. The summed E-state index contributed by atoms with van der Waals surface area (Å²) in [6.45, 7) is 0.574. The molecule has 3 aromatic rings. The van der Waals surface area contributed by atoms with Crippen LogP contribution in [0.15, 0.2) is 54.7 Å². The van der Waals surface area contributed by atoms with Crippen molar-refractivity contribution in [3.8, 4) is 5.75 Å². The molecule has 4 heteroatoms. The molecule has 0 atom stereocenters. The van der Waals surface area contributed by atoms with E-state index in [1.165, 1.54) is 0 Å². The van der Waals surface area contributed by atoms with Crippen molar-refractivity contribution in [2.45, 2.75) is 6.42 Å². The number of nitrogens with one attached hydrogen (secondary N) is 1. The van der Waals surface area contributed by atoms with E-state index in [0.29, 0.717) is 12.1 Å². The number of rotatable bonds is 5. The zero-order valence-corrected chi connectivity index (χ0v) is 13.4. The monoisotopic (exact) mass is 308 g/mol. The van der Waals surface area contributed by atoms with E-state index in [1.54, 1.807) is 7.11 Å². The molecule has 1 aromatic heterocycles. The van der Waals surface area contributed by atoms with Crippen molar-refractivity contribution in [1.82, 2.24) is 9.88 Å². The fourth-order valence-corrected chi connectivity index (χ4v) is 2.73. The molecule has 0 bridgehead atoms. The lowest BCUT2D eigenvalue weighted by Crippen LogP contribution is -2.25. The van der Waals surface area contributed by atoms with Gasteiger partial charge in [0.1, 0.15) is 5.75 Å². The average Bonchev–Trinajstić information content (AvgIpc) is 2.96. The number of ether oxygens (including phenoxy) is 1. The van der Waals surface area contributed by atoms with Crippen LogP contribution >= 0.6 is 0 Å². The molecule has 4 nitrogen and oxygen atoms in total. The van der Waals surface area contributed by atoms with Crippen molar-refractivity contribution in [1.29, 1.82) is 0 Å². The lowest BCUT2D eigenvalue weighted by Gasteiger charge is -2.09. The predicted octanol–water partition coefficient (Wildman–Crippen LogP) is 3.16. The summed E-state index contributed by atoms with van der Waals surface area (Å²) < 4.78 is 7.34. The van der Waals surface area contributed by atoms with E-state index in [0.717, 1.165) is 28.6 Å². The Kier molecular flexibility index (Phi) is 4.33. The highest BCUT2D eigenvalue weighted by molar-refractivity contribution is 5.98. The number of amides is 1. The minimum Gasteiger partial charge on any atom is -0.496 e. The molecule has 1 amide bonds. The zero-order chi connectivity index (χ0) is 16.2. The van der Waals surface area contributed by atoms with Gasteiger partial charge in [-0.1, -0.05) is 24.3 Å². The minimum atomic E-state index is -0.0528. The highest BCUT2D eigenvalue weighted by Crippen LogP contribution is 2.18. The molecule has 0 aliphatic heterocycles. The fraction of sp³-hybridized carbons (Fsp3) is 0.211. The van der Waals surface area contributed by atoms with Gasteiger partial charge < -0.3 is 14.6 Å². The highest BCUT2D eigenvalue weighted by Gasteiger charge is 2.08. The van der Waals surface area contributed by atoms with E-state index in [9.17, 15) is 4.79 Å². The summed E-state index contributed by atoms with van der Waals surface area (Å²) in [6.07, 6.45) is 2.73. The summed E-state index contributed by atoms with van der Waals surface area (Å²) in [5.74, 6) is 0.801. The maximum atomic E-state index is 12.3. The summed E-state index contributed by atoms with van der Waals surface area (Å²) in [5.41, 5.74) is 2.83. The van der Waals surface area contributed by atoms with Gasteiger partial charge in [0.05, 0.1) is 7.11 Å². The van der Waals surface area contributed by atoms with Gasteiger partial charge in [-0.3, -0.25) is 4.79 Å². The van der Waals surface area contributed by atoms with E-state index >= 15 is 0 Å². The number of carbonyl (C=O) groups excluding carboxylic acids is 1. The van der Waals surface area contributed by atoms with Crippen molar-refractivity contribution >= 4 is 16.8 Å². The van der Waals surface area contributed by atoms with Crippen molar-refractivity contribution in [3.05, 3.63) is 65.9 Å². The molecular weight excluding hydrogens is 288 g/mol. The fourth-order valence-electron chi connectivity index (χ4n) is 2.73. The number of aromatic nitrogens is 1. The van der Waals surface area contributed by atoms with Crippen LogP contribution in [0.25, 0.3) is 10.9 Å². The first kappa shape index (κ1) is 15.2. The normalized spacial score (nSPS) is 10.7. The van der Waals surface area contributed by atoms with Crippen LogP contribution < -0.4 is 10.1 Å². The highest BCUT2D eigenvalue weighted by atomic mass is 16.5. The van der Waals surface area contributed by atoms with Crippen molar-refractivity contribution < 1.29 is 9.53 Å². The number of benzene rings is 2. The first-order valence-electron chi connectivity index (χ1n) is 7.64. The number of hydrogen-bond donors (Lipinski definition) is 1. The Bertz CT molecular complexity index is 836. The quantitative estimate of drug-likeness (QED) is 0.787. The molecule has 0 fully saturated rings.